The van der Waals surface area contributed by atoms with Crippen LogP contribution in [-0.4, -0.2) is 74.9 Å². The van der Waals surface area contributed by atoms with Crippen LogP contribution in [0, 0.1) is 0 Å². The number of piperazine rings is 1. The van der Waals surface area contributed by atoms with Gasteiger partial charge in [-0.3, -0.25) is 9.69 Å². The Labute approximate surface area is 205 Å². The van der Waals surface area contributed by atoms with Crippen LogP contribution in [-0.2, 0) is 16.6 Å². The monoisotopic (exact) mass is 480 g/mol. The maximum atomic E-state index is 13.1. The van der Waals surface area contributed by atoms with Crippen molar-refractivity contribution in [1.82, 2.24) is 9.47 Å². The van der Waals surface area contributed by atoms with E-state index in [-0.39, 0.29) is 19.1 Å². The number of methoxy groups -OCH3 is 2. The standard InChI is InChI=1S/C26H32N4O5/c1-5-35-26(32)25-24(19-16-18(33-3)10-11-20(19)28(25)2)27-23(31)17-29-12-14-30(15-13-29)21-8-6-7-9-22(21)34-4/h6-11,16H,5,12-15,17H2,1-4H3,(H,27,31). The van der Waals surface area contributed by atoms with Crippen molar-refractivity contribution in [1.29, 1.82) is 0 Å². The van der Waals surface area contributed by atoms with Gasteiger partial charge >= 0.3 is 5.97 Å². The lowest BCUT2D eigenvalue weighted by Gasteiger charge is -2.36. The molecule has 1 fully saturated rings. The van der Waals surface area contributed by atoms with Gasteiger partial charge in [0.2, 0.25) is 5.91 Å². The van der Waals surface area contributed by atoms with Gasteiger partial charge in [-0.05, 0) is 37.3 Å². The molecular formula is C26H32N4O5. The van der Waals surface area contributed by atoms with Crippen LogP contribution in [0.5, 0.6) is 11.5 Å². The zero-order valence-corrected chi connectivity index (χ0v) is 20.7. The molecule has 0 saturated carbocycles. The van der Waals surface area contributed by atoms with Crippen LogP contribution < -0.4 is 19.7 Å². The molecule has 0 aliphatic carbocycles. The summed E-state index contributed by atoms with van der Waals surface area (Å²) in [5.74, 6) is 0.820. The molecule has 1 N–H and O–H groups in total. The van der Waals surface area contributed by atoms with Crippen molar-refractivity contribution < 1.29 is 23.8 Å². The van der Waals surface area contributed by atoms with Crippen molar-refractivity contribution >= 4 is 34.2 Å². The lowest BCUT2D eigenvalue weighted by Crippen LogP contribution is -2.48. The van der Waals surface area contributed by atoms with Gasteiger partial charge in [-0.1, -0.05) is 12.1 Å². The van der Waals surface area contributed by atoms with Gasteiger partial charge < -0.3 is 29.0 Å². The van der Waals surface area contributed by atoms with Gasteiger partial charge in [0.1, 0.15) is 11.5 Å². The third kappa shape index (κ3) is 5.05. The molecule has 2 aromatic carbocycles. The Morgan fingerprint density at radius 3 is 2.43 bits per heavy atom. The molecule has 35 heavy (non-hydrogen) atoms. The molecule has 4 rings (SSSR count). The molecular weight excluding hydrogens is 448 g/mol. The fourth-order valence-electron chi connectivity index (χ4n) is 4.54. The molecule has 2 heterocycles. The van der Waals surface area contributed by atoms with Crippen molar-refractivity contribution in [3.8, 4) is 11.5 Å². The lowest BCUT2D eigenvalue weighted by molar-refractivity contribution is -0.117. The zero-order chi connectivity index (χ0) is 24.9. The molecule has 1 saturated heterocycles. The van der Waals surface area contributed by atoms with E-state index in [9.17, 15) is 9.59 Å². The van der Waals surface area contributed by atoms with Gasteiger partial charge in [-0.2, -0.15) is 0 Å². The molecule has 9 heteroatoms. The van der Waals surface area contributed by atoms with Gasteiger partial charge in [0.05, 0.1) is 44.3 Å². The Bertz CT molecular complexity index is 1210. The average Bonchev–Trinajstić information content (AvgIpc) is 3.15. The van der Waals surface area contributed by atoms with Crippen LogP contribution in [0.4, 0.5) is 11.4 Å². The van der Waals surface area contributed by atoms with Crippen LogP contribution in [0.25, 0.3) is 10.9 Å². The van der Waals surface area contributed by atoms with Crippen molar-refractivity contribution in [3.05, 3.63) is 48.2 Å². The number of hydrogen-bond acceptors (Lipinski definition) is 7. The number of hydrogen-bond donors (Lipinski definition) is 1. The number of benzene rings is 2. The van der Waals surface area contributed by atoms with E-state index in [4.69, 9.17) is 14.2 Å². The highest BCUT2D eigenvalue weighted by molar-refractivity contribution is 6.12. The number of carbonyl (C=O) groups excluding carboxylic acids is 2. The average molecular weight is 481 g/mol. The number of esters is 1. The first-order chi connectivity index (χ1) is 17.0. The highest BCUT2D eigenvalue weighted by Crippen LogP contribution is 2.34. The molecule has 0 spiro atoms. The smallest absolute Gasteiger partial charge is 0.357 e. The van der Waals surface area contributed by atoms with Crippen LogP contribution in [0.1, 0.15) is 17.4 Å². The number of para-hydroxylation sites is 2. The van der Waals surface area contributed by atoms with E-state index < -0.39 is 5.97 Å². The zero-order valence-electron chi connectivity index (χ0n) is 20.7. The maximum Gasteiger partial charge on any atom is 0.357 e. The summed E-state index contributed by atoms with van der Waals surface area (Å²) in [5.41, 5.74) is 2.61. The highest BCUT2D eigenvalue weighted by atomic mass is 16.5. The van der Waals surface area contributed by atoms with Crippen molar-refractivity contribution in [3.63, 3.8) is 0 Å². The first-order valence-corrected chi connectivity index (χ1v) is 11.7. The Kier molecular flexibility index (Phi) is 7.45. The van der Waals surface area contributed by atoms with E-state index in [1.807, 2.05) is 42.5 Å². The van der Waals surface area contributed by atoms with Gasteiger partial charge in [-0.25, -0.2) is 4.79 Å². The largest absolute Gasteiger partial charge is 0.497 e. The summed E-state index contributed by atoms with van der Waals surface area (Å²) in [6.07, 6.45) is 0. The van der Waals surface area contributed by atoms with E-state index in [0.717, 1.165) is 48.5 Å². The molecule has 0 radical (unpaired) electrons. The summed E-state index contributed by atoms with van der Waals surface area (Å²) in [6, 6.07) is 13.5. The molecule has 9 nitrogen and oxygen atoms in total. The van der Waals surface area contributed by atoms with E-state index in [1.165, 1.54) is 0 Å². The van der Waals surface area contributed by atoms with Gasteiger partial charge in [0.15, 0.2) is 5.69 Å². The third-order valence-corrected chi connectivity index (χ3v) is 6.31. The molecule has 0 atom stereocenters. The van der Waals surface area contributed by atoms with Crippen molar-refractivity contribution in [2.75, 3.05) is 63.8 Å². The number of anilines is 2. The number of ether oxygens (including phenoxy) is 3. The minimum atomic E-state index is -0.481. The normalized spacial score (nSPS) is 14.1. The number of carbonyl (C=O) groups is 2. The Balaban J connectivity index is 1.49. The Morgan fingerprint density at radius 2 is 1.74 bits per heavy atom. The fraction of sp³-hybridized carbons (Fsp3) is 0.385. The summed E-state index contributed by atoms with van der Waals surface area (Å²) in [5, 5.41) is 3.71. The van der Waals surface area contributed by atoms with Crippen molar-refractivity contribution in [2.24, 2.45) is 7.05 Å². The molecule has 1 aromatic heterocycles. The summed E-state index contributed by atoms with van der Waals surface area (Å²) in [4.78, 5) is 30.2. The highest BCUT2D eigenvalue weighted by Gasteiger charge is 2.26. The topological polar surface area (TPSA) is 85.3 Å². The first-order valence-electron chi connectivity index (χ1n) is 11.7. The second-order valence-corrected chi connectivity index (χ2v) is 8.37. The van der Waals surface area contributed by atoms with Crippen LogP contribution in [0.2, 0.25) is 0 Å². The summed E-state index contributed by atoms with van der Waals surface area (Å²) in [6.45, 7) is 5.27. The molecule has 1 aliphatic rings. The summed E-state index contributed by atoms with van der Waals surface area (Å²) < 4.78 is 17.9. The quantitative estimate of drug-likeness (QED) is 0.496. The molecule has 3 aromatic rings. The van der Waals surface area contributed by atoms with E-state index in [2.05, 4.69) is 15.1 Å². The number of fused-ring (bicyclic) bond motifs is 1. The number of aryl methyl sites for hydroxylation is 1. The fourth-order valence-corrected chi connectivity index (χ4v) is 4.54. The van der Waals surface area contributed by atoms with E-state index in [0.29, 0.717) is 17.1 Å². The number of rotatable bonds is 8. The van der Waals surface area contributed by atoms with E-state index >= 15 is 0 Å². The van der Waals surface area contributed by atoms with E-state index in [1.54, 1.807) is 32.8 Å². The Morgan fingerprint density at radius 1 is 1.00 bits per heavy atom. The number of nitrogens with zero attached hydrogens (tertiary/aromatic N) is 3. The van der Waals surface area contributed by atoms with Crippen molar-refractivity contribution in [2.45, 2.75) is 6.92 Å². The minimum Gasteiger partial charge on any atom is -0.497 e. The molecule has 0 bridgehead atoms. The number of amides is 1. The number of nitrogens with one attached hydrogen (secondary N) is 1. The van der Waals surface area contributed by atoms with Crippen LogP contribution >= 0.6 is 0 Å². The molecule has 186 valence electrons. The van der Waals surface area contributed by atoms with Crippen LogP contribution in [0.15, 0.2) is 42.5 Å². The molecule has 1 amide bonds. The SMILES string of the molecule is CCOC(=O)c1c(NC(=O)CN2CCN(c3ccccc3OC)CC2)c2cc(OC)ccc2n1C. The lowest BCUT2D eigenvalue weighted by atomic mass is 10.2. The predicted octanol–water partition coefficient (Wildman–Crippen LogP) is 3.13. The maximum absolute atomic E-state index is 13.1. The summed E-state index contributed by atoms with van der Waals surface area (Å²) >= 11 is 0. The van der Waals surface area contributed by atoms with Gasteiger partial charge in [0.25, 0.3) is 0 Å². The minimum absolute atomic E-state index is 0.184. The second kappa shape index (κ2) is 10.7. The molecule has 1 aliphatic heterocycles. The number of aromatic nitrogens is 1. The third-order valence-electron chi connectivity index (χ3n) is 6.31. The van der Waals surface area contributed by atoms with Gasteiger partial charge in [0, 0.05) is 38.6 Å². The van der Waals surface area contributed by atoms with Crippen LogP contribution in [0.3, 0.4) is 0 Å². The predicted molar refractivity (Wildman–Crippen MR) is 136 cm³/mol. The Hall–Kier alpha value is -3.72. The second-order valence-electron chi connectivity index (χ2n) is 8.37. The summed E-state index contributed by atoms with van der Waals surface area (Å²) in [7, 11) is 5.04. The first kappa shape index (κ1) is 24.4. The van der Waals surface area contributed by atoms with Gasteiger partial charge in [-0.15, -0.1) is 0 Å². The molecule has 0 unspecified atom stereocenters.